The van der Waals surface area contributed by atoms with Gasteiger partial charge in [0.1, 0.15) is 0 Å². The van der Waals surface area contributed by atoms with E-state index in [0.717, 1.165) is 5.56 Å². The average molecular weight is 590 g/mol. The third-order valence-corrected chi connectivity index (χ3v) is 9.18. The van der Waals surface area contributed by atoms with Gasteiger partial charge in [0.25, 0.3) is 15.9 Å². The molecular formula is C27H22Cl2N2O5S2. The third kappa shape index (κ3) is 6.80. The molecule has 4 aromatic rings. The smallest absolute Gasteiger partial charge is 0.264 e. The first kappa shape index (κ1) is 27.8. The van der Waals surface area contributed by atoms with Gasteiger partial charge in [0.05, 0.1) is 9.79 Å². The second-order valence-corrected chi connectivity index (χ2v) is 12.8. The Balaban J connectivity index is 1.55. The van der Waals surface area contributed by atoms with Crippen LogP contribution < -0.4 is 4.72 Å². The molecule has 0 atom stereocenters. The standard InChI is InChI=1S/C27H22Cl2N2O5S2/c28-23-13-15-25(16-14-23)38(35,36)31(18-20-5-2-1-3-6-20)19-21-9-11-22(12-10-21)27(32)30-37(33,34)26-8-4-7-24(29)17-26/h1-17H,18-19H2,(H,30,32). The minimum atomic E-state index is -4.13. The van der Waals surface area contributed by atoms with Gasteiger partial charge in [0.2, 0.25) is 10.0 Å². The van der Waals surface area contributed by atoms with Crippen LogP contribution in [0.3, 0.4) is 0 Å². The number of rotatable bonds is 9. The first-order valence-corrected chi connectivity index (χ1v) is 14.9. The number of benzene rings is 4. The van der Waals surface area contributed by atoms with Crippen molar-refractivity contribution in [2.75, 3.05) is 0 Å². The van der Waals surface area contributed by atoms with Gasteiger partial charge in [0, 0.05) is 28.7 Å². The van der Waals surface area contributed by atoms with Gasteiger partial charge < -0.3 is 0 Å². The number of halogens is 2. The largest absolute Gasteiger partial charge is 0.268 e. The van der Waals surface area contributed by atoms with E-state index >= 15 is 0 Å². The van der Waals surface area contributed by atoms with E-state index in [0.29, 0.717) is 10.6 Å². The minimum absolute atomic E-state index is 0.0164. The molecule has 4 rings (SSSR count). The highest BCUT2D eigenvalue weighted by Crippen LogP contribution is 2.23. The van der Waals surface area contributed by atoms with Crippen LogP contribution >= 0.6 is 23.2 Å². The normalized spacial score (nSPS) is 11.9. The zero-order valence-corrected chi connectivity index (χ0v) is 22.9. The molecule has 0 aromatic heterocycles. The summed E-state index contributed by atoms with van der Waals surface area (Å²) < 4.78 is 55.4. The van der Waals surface area contributed by atoms with Gasteiger partial charge in [0.15, 0.2) is 0 Å². The molecule has 0 fully saturated rings. The van der Waals surface area contributed by atoms with E-state index in [1.165, 1.54) is 65.0 Å². The van der Waals surface area contributed by atoms with E-state index in [2.05, 4.69) is 0 Å². The lowest BCUT2D eigenvalue weighted by Crippen LogP contribution is -2.31. The maximum absolute atomic E-state index is 13.5. The van der Waals surface area contributed by atoms with E-state index < -0.39 is 26.0 Å². The van der Waals surface area contributed by atoms with Gasteiger partial charge in [-0.25, -0.2) is 21.6 Å². The van der Waals surface area contributed by atoms with Crippen molar-refractivity contribution in [3.05, 3.63) is 130 Å². The molecule has 0 aliphatic heterocycles. The van der Waals surface area contributed by atoms with Crippen molar-refractivity contribution in [1.29, 1.82) is 0 Å². The van der Waals surface area contributed by atoms with Gasteiger partial charge in [-0.15, -0.1) is 0 Å². The molecule has 0 saturated carbocycles. The second kappa shape index (κ2) is 11.7. The van der Waals surface area contributed by atoms with Gasteiger partial charge in [-0.05, 0) is 65.7 Å². The minimum Gasteiger partial charge on any atom is -0.268 e. The summed E-state index contributed by atoms with van der Waals surface area (Å²) in [6.45, 7) is 0.133. The molecule has 0 radical (unpaired) electrons. The van der Waals surface area contributed by atoms with Crippen LogP contribution in [-0.2, 0) is 33.1 Å². The number of sulfonamides is 2. The number of carbonyl (C=O) groups is 1. The Bertz CT molecular complexity index is 1640. The lowest BCUT2D eigenvalue weighted by molar-refractivity contribution is 0.0981. The van der Waals surface area contributed by atoms with E-state index in [1.54, 1.807) is 12.1 Å². The first-order chi connectivity index (χ1) is 18.0. The Morgan fingerprint density at radius 3 is 1.87 bits per heavy atom. The number of carbonyl (C=O) groups excluding carboxylic acids is 1. The summed E-state index contributed by atoms with van der Waals surface area (Å²) in [7, 11) is -8.02. The van der Waals surface area contributed by atoms with E-state index in [9.17, 15) is 21.6 Å². The fraction of sp³-hybridized carbons (Fsp3) is 0.0741. The third-order valence-electron chi connectivity index (χ3n) is 5.56. The molecule has 7 nitrogen and oxygen atoms in total. The molecule has 196 valence electrons. The molecule has 11 heteroatoms. The summed E-state index contributed by atoms with van der Waals surface area (Å²) in [4.78, 5) is 12.6. The molecule has 0 spiro atoms. The number of nitrogens with zero attached hydrogens (tertiary/aromatic N) is 1. The van der Waals surface area contributed by atoms with Crippen LogP contribution in [0.15, 0.2) is 113 Å². The zero-order valence-electron chi connectivity index (χ0n) is 19.8. The monoisotopic (exact) mass is 588 g/mol. The molecule has 0 aliphatic carbocycles. The van der Waals surface area contributed by atoms with Crippen LogP contribution in [0.25, 0.3) is 0 Å². The van der Waals surface area contributed by atoms with Crippen molar-refractivity contribution in [3.8, 4) is 0 Å². The summed E-state index contributed by atoms with van der Waals surface area (Å²) in [6.07, 6.45) is 0. The number of nitrogens with one attached hydrogen (secondary N) is 1. The van der Waals surface area contributed by atoms with Crippen molar-refractivity contribution < 1.29 is 21.6 Å². The van der Waals surface area contributed by atoms with Gasteiger partial charge in [-0.3, -0.25) is 4.79 Å². The van der Waals surface area contributed by atoms with Crippen LogP contribution in [-0.4, -0.2) is 27.0 Å². The van der Waals surface area contributed by atoms with Crippen LogP contribution in [0.5, 0.6) is 0 Å². The maximum atomic E-state index is 13.5. The molecule has 0 heterocycles. The number of hydrogen-bond donors (Lipinski definition) is 1. The topological polar surface area (TPSA) is 101 Å². The highest BCUT2D eigenvalue weighted by Gasteiger charge is 2.25. The summed E-state index contributed by atoms with van der Waals surface area (Å²) in [6, 6.07) is 26.7. The van der Waals surface area contributed by atoms with Crippen molar-refractivity contribution in [3.63, 3.8) is 0 Å². The molecule has 1 amide bonds. The summed E-state index contributed by atoms with van der Waals surface area (Å²) in [5.74, 6) is -0.827. The molecule has 38 heavy (non-hydrogen) atoms. The van der Waals surface area contributed by atoms with Crippen LogP contribution in [0.4, 0.5) is 0 Å². The molecule has 4 aromatic carbocycles. The maximum Gasteiger partial charge on any atom is 0.264 e. The predicted octanol–water partition coefficient (Wildman–Crippen LogP) is 5.50. The highest BCUT2D eigenvalue weighted by atomic mass is 35.5. The summed E-state index contributed by atoms with van der Waals surface area (Å²) >= 11 is 11.8. The van der Waals surface area contributed by atoms with Gasteiger partial charge >= 0.3 is 0 Å². The second-order valence-electron chi connectivity index (χ2n) is 8.30. The summed E-state index contributed by atoms with van der Waals surface area (Å²) in [5.41, 5.74) is 1.49. The van der Waals surface area contributed by atoms with Crippen molar-refractivity contribution in [1.82, 2.24) is 9.03 Å². The molecule has 0 unspecified atom stereocenters. The van der Waals surface area contributed by atoms with Gasteiger partial charge in [-0.2, -0.15) is 4.31 Å². The molecular weight excluding hydrogens is 567 g/mol. The highest BCUT2D eigenvalue weighted by molar-refractivity contribution is 7.90. The van der Waals surface area contributed by atoms with Crippen LogP contribution in [0, 0.1) is 0 Å². The van der Waals surface area contributed by atoms with Crippen molar-refractivity contribution in [2.24, 2.45) is 0 Å². The molecule has 0 saturated heterocycles. The predicted molar refractivity (Wildman–Crippen MR) is 147 cm³/mol. The zero-order chi connectivity index (χ0) is 27.3. The van der Waals surface area contributed by atoms with E-state index in [4.69, 9.17) is 23.2 Å². The fourth-order valence-corrected chi connectivity index (χ4v) is 6.42. The lowest BCUT2D eigenvalue weighted by Gasteiger charge is -2.23. The Hall–Kier alpha value is -3.21. The molecule has 0 aliphatic rings. The SMILES string of the molecule is O=C(NS(=O)(=O)c1cccc(Cl)c1)c1ccc(CN(Cc2ccccc2)S(=O)(=O)c2ccc(Cl)cc2)cc1. The Labute approximate surface area is 231 Å². The quantitative estimate of drug-likeness (QED) is 0.278. The number of amides is 1. The molecule has 0 bridgehead atoms. The van der Waals surface area contributed by atoms with Crippen molar-refractivity contribution in [2.45, 2.75) is 22.9 Å². The fourth-order valence-electron chi connectivity index (χ4n) is 3.61. The van der Waals surface area contributed by atoms with Crippen LogP contribution in [0.1, 0.15) is 21.5 Å². The Kier molecular flexibility index (Phi) is 8.54. The van der Waals surface area contributed by atoms with E-state index in [-0.39, 0.29) is 33.5 Å². The lowest BCUT2D eigenvalue weighted by atomic mass is 10.1. The van der Waals surface area contributed by atoms with Gasteiger partial charge in [-0.1, -0.05) is 71.7 Å². The Morgan fingerprint density at radius 1 is 0.658 bits per heavy atom. The molecule has 1 N–H and O–H groups in total. The van der Waals surface area contributed by atoms with Crippen LogP contribution in [0.2, 0.25) is 10.0 Å². The summed E-state index contributed by atoms with van der Waals surface area (Å²) in [5, 5.41) is 0.642. The first-order valence-electron chi connectivity index (χ1n) is 11.3. The Morgan fingerprint density at radius 2 is 1.26 bits per heavy atom. The average Bonchev–Trinajstić information content (AvgIpc) is 2.89. The van der Waals surface area contributed by atoms with Crippen molar-refractivity contribution >= 4 is 49.2 Å². The number of hydrogen-bond acceptors (Lipinski definition) is 5. The van der Waals surface area contributed by atoms with E-state index in [1.807, 2.05) is 35.1 Å².